The second-order valence-corrected chi connectivity index (χ2v) is 13.3. The van der Waals surface area contributed by atoms with Crippen LogP contribution in [-0.2, 0) is 44.7 Å². The van der Waals surface area contributed by atoms with E-state index < -0.39 is 0 Å². The molecule has 0 bridgehead atoms. The normalized spacial score (nSPS) is 25.1. The van der Waals surface area contributed by atoms with E-state index in [1.807, 2.05) is 25.1 Å². The molecule has 12 nitrogen and oxygen atoms in total. The number of anilines is 1. The van der Waals surface area contributed by atoms with Crippen LogP contribution in [0.15, 0.2) is 36.4 Å². The number of aryl methyl sites for hydroxylation is 1. The quantitative estimate of drug-likeness (QED) is 0.112. The van der Waals surface area contributed by atoms with Crippen LogP contribution in [0.5, 0.6) is 0 Å². The van der Waals surface area contributed by atoms with E-state index in [1.54, 1.807) is 12.1 Å². The van der Waals surface area contributed by atoms with Gasteiger partial charge in [0, 0.05) is 50.0 Å². The van der Waals surface area contributed by atoms with Crippen LogP contribution in [0, 0.1) is 29.6 Å². The molecule has 1 aromatic rings. The minimum absolute atomic E-state index is 0.0164. The molecule has 2 aliphatic heterocycles. The summed E-state index contributed by atoms with van der Waals surface area (Å²) in [5.74, 6) is -0.600. The molecule has 3 unspecified atom stereocenters. The largest absolute Gasteiger partial charge is 0.379 e. The molecule has 48 heavy (non-hydrogen) atoms. The Labute approximate surface area is 281 Å². The lowest BCUT2D eigenvalue weighted by Gasteiger charge is -2.30. The zero-order valence-corrected chi connectivity index (χ0v) is 27.8. The Kier molecular flexibility index (Phi) is 12.5. The highest BCUT2D eigenvalue weighted by atomic mass is 16.5. The third-order valence-electron chi connectivity index (χ3n) is 10.1. The predicted octanol–water partition coefficient (Wildman–Crippen LogP) is 2.86. The second kappa shape index (κ2) is 17.0. The molecular formula is C36H48N4O8. The van der Waals surface area contributed by atoms with Crippen molar-refractivity contribution >= 4 is 41.1 Å². The molecule has 2 saturated heterocycles. The standard InChI is InChI=1S/C36H48N4O8/c1-24-33(27-3-2-4-27)36(46)40(35(24)45)23-26-5-10-28(11-6-26)34(44)37-17-20-48-22-21-47-19-16-30(41)38-29-12-7-25(8-13-29)9-14-31(42)39-18-15-32(39)43/h2-3,7-8,12-13,24,26-28,33H,4-6,9-11,14-23H2,1H3,(H,37,44)(H,38,41). The van der Waals surface area contributed by atoms with Gasteiger partial charge in [-0.05, 0) is 68.1 Å². The summed E-state index contributed by atoms with van der Waals surface area (Å²) in [4.78, 5) is 76.8. The van der Waals surface area contributed by atoms with Crippen molar-refractivity contribution in [1.82, 2.24) is 15.1 Å². The molecule has 0 aromatic heterocycles. The second-order valence-electron chi connectivity index (χ2n) is 13.3. The number of benzene rings is 1. The van der Waals surface area contributed by atoms with Gasteiger partial charge in [-0.3, -0.25) is 38.6 Å². The van der Waals surface area contributed by atoms with Gasteiger partial charge in [0.2, 0.25) is 35.4 Å². The van der Waals surface area contributed by atoms with Crippen LogP contribution in [0.2, 0.25) is 0 Å². The third-order valence-corrected chi connectivity index (χ3v) is 10.1. The maximum absolute atomic E-state index is 13.0. The first-order valence-corrected chi connectivity index (χ1v) is 17.4. The van der Waals surface area contributed by atoms with E-state index in [1.165, 1.54) is 9.80 Å². The minimum atomic E-state index is -0.256. The van der Waals surface area contributed by atoms with Crippen molar-refractivity contribution in [3.05, 3.63) is 42.0 Å². The van der Waals surface area contributed by atoms with Gasteiger partial charge in [-0.1, -0.05) is 31.2 Å². The number of nitrogens with zero attached hydrogens (tertiary/aromatic N) is 2. The first kappa shape index (κ1) is 35.4. The monoisotopic (exact) mass is 664 g/mol. The molecule has 2 N–H and O–H groups in total. The summed E-state index contributed by atoms with van der Waals surface area (Å²) in [7, 11) is 0. The van der Waals surface area contributed by atoms with Crippen LogP contribution < -0.4 is 10.6 Å². The maximum Gasteiger partial charge on any atom is 0.233 e. The molecular weight excluding hydrogens is 616 g/mol. The number of β-lactam (4-membered cyclic amide) rings is 1. The fraction of sp³-hybridized carbons (Fsp3) is 0.611. The van der Waals surface area contributed by atoms with Crippen LogP contribution in [-0.4, -0.2) is 91.3 Å². The van der Waals surface area contributed by atoms with Gasteiger partial charge in [-0.2, -0.15) is 0 Å². The summed E-state index contributed by atoms with van der Waals surface area (Å²) in [6.45, 7) is 4.55. The highest BCUT2D eigenvalue weighted by molar-refractivity contribution is 6.05. The van der Waals surface area contributed by atoms with Crippen molar-refractivity contribution in [2.45, 2.75) is 64.7 Å². The van der Waals surface area contributed by atoms with Crippen LogP contribution in [0.4, 0.5) is 5.69 Å². The molecule has 2 heterocycles. The van der Waals surface area contributed by atoms with Crippen LogP contribution in [0.3, 0.4) is 0 Å². The molecule has 1 aromatic carbocycles. The number of amides is 6. The molecule has 4 aliphatic rings. The molecule has 0 spiro atoms. The fourth-order valence-corrected chi connectivity index (χ4v) is 6.88. The first-order chi connectivity index (χ1) is 23.2. The summed E-state index contributed by atoms with van der Waals surface area (Å²) >= 11 is 0. The summed E-state index contributed by atoms with van der Waals surface area (Å²) < 4.78 is 11.1. The topological polar surface area (TPSA) is 151 Å². The Morgan fingerprint density at radius 1 is 0.896 bits per heavy atom. The Morgan fingerprint density at radius 3 is 2.23 bits per heavy atom. The van der Waals surface area contributed by atoms with E-state index in [0.29, 0.717) is 58.0 Å². The summed E-state index contributed by atoms with van der Waals surface area (Å²) in [5, 5.41) is 5.77. The lowest BCUT2D eigenvalue weighted by Crippen LogP contribution is -2.47. The highest BCUT2D eigenvalue weighted by Crippen LogP contribution is 2.39. The highest BCUT2D eigenvalue weighted by Gasteiger charge is 2.49. The van der Waals surface area contributed by atoms with Gasteiger partial charge in [0.1, 0.15) is 0 Å². The molecule has 2 aliphatic carbocycles. The average molecular weight is 665 g/mol. The van der Waals surface area contributed by atoms with Crippen LogP contribution in [0.1, 0.15) is 63.9 Å². The van der Waals surface area contributed by atoms with Crippen LogP contribution >= 0.6 is 0 Å². The number of carbonyl (C=O) groups is 6. The van der Waals surface area contributed by atoms with E-state index in [0.717, 1.165) is 37.7 Å². The SMILES string of the molecule is CC1C(=O)N(CC2CCC(C(=O)NCCOCCOCCC(=O)Nc3ccc(CCC(=O)N4CCC4=O)cc3)CC2)C(=O)C1C1C=CC1. The summed E-state index contributed by atoms with van der Waals surface area (Å²) in [5.41, 5.74) is 1.61. The van der Waals surface area contributed by atoms with E-state index in [-0.39, 0.29) is 84.5 Å². The summed E-state index contributed by atoms with van der Waals surface area (Å²) in [6, 6.07) is 7.29. The van der Waals surface area contributed by atoms with Gasteiger partial charge in [0.15, 0.2) is 0 Å². The lowest BCUT2D eigenvalue weighted by atomic mass is 9.77. The van der Waals surface area contributed by atoms with E-state index >= 15 is 0 Å². The minimum Gasteiger partial charge on any atom is -0.379 e. The van der Waals surface area contributed by atoms with E-state index in [2.05, 4.69) is 16.7 Å². The van der Waals surface area contributed by atoms with E-state index in [9.17, 15) is 28.8 Å². The molecule has 0 radical (unpaired) electrons. The van der Waals surface area contributed by atoms with Gasteiger partial charge < -0.3 is 20.1 Å². The number of hydrogen-bond donors (Lipinski definition) is 2. The molecule has 12 heteroatoms. The number of nitrogens with one attached hydrogen (secondary N) is 2. The Morgan fingerprint density at radius 2 is 1.60 bits per heavy atom. The van der Waals surface area contributed by atoms with Crippen molar-refractivity contribution in [3.63, 3.8) is 0 Å². The zero-order chi connectivity index (χ0) is 34.0. The number of allylic oxidation sites excluding steroid dienone is 2. The van der Waals surface area contributed by atoms with Crippen molar-refractivity contribution in [2.24, 2.45) is 29.6 Å². The smallest absolute Gasteiger partial charge is 0.233 e. The Balaban J connectivity index is 0.850. The van der Waals surface area contributed by atoms with Crippen molar-refractivity contribution in [2.75, 3.05) is 51.4 Å². The number of rotatable bonds is 17. The number of carbonyl (C=O) groups excluding carboxylic acids is 6. The number of imide groups is 2. The first-order valence-electron chi connectivity index (χ1n) is 17.4. The van der Waals surface area contributed by atoms with Crippen LogP contribution in [0.25, 0.3) is 0 Å². The molecule has 3 fully saturated rings. The Hall–Kier alpha value is -3.90. The number of likely N-dealkylation sites (tertiary alicyclic amines) is 2. The number of ether oxygens (including phenoxy) is 2. The molecule has 3 atom stereocenters. The van der Waals surface area contributed by atoms with Gasteiger partial charge >= 0.3 is 0 Å². The van der Waals surface area contributed by atoms with Gasteiger partial charge in [-0.15, -0.1) is 0 Å². The third kappa shape index (κ3) is 9.16. The van der Waals surface area contributed by atoms with E-state index in [4.69, 9.17) is 9.47 Å². The Bertz CT molecular complexity index is 1370. The fourth-order valence-electron chi connectivity index (χ4n) is 6.88. The average Bonchev–Trinajstić information content (AvgIpc) is 3.25. The maximum atomic E-state index is 13.0. The lowest BCUT2D eigenvalue weighted by molar-refractivity contribution is -0.152. The van der Waals surface area contributed by atoms with Gasteiger partial charge in [0.25, 0.3) is 0 Å². The molecule has 6 amide bonds. The molecule has 260 valence electrons. The van der Waals surface area contributed by atoms with Gasteiger partial charge in [-0.25, -0.2) is 0 Å². The molecule has 1 saturated carbocycles. The zero-order valence-electron chi connectivity index (χ0n) is 27.8. The van der Waals surface area contributed by atoms with Crippen molar-refractivity contribution < 1.29 is 38.2 Å². The van der Waals surface area contributed by atoms with Gasteiger partial charge in [0.05, 0.1) is 38.8 Å². The summed E-state index contributed by atoms with van der Waals surface area (Å²) in [6.07, 6.45) is 9.56. The molecule has 5 rings (SSSR count). The van der Waals surface area contributed by atoms with Crippen molar-refractivity contribution in [3.8, 4) is 0 Å². The number of hydrogen-bond acceptors (Lipinski definition) is 8. The van der Waals surface area contributed by atoms with Crippen molar-refractivity contribution in [1.29, 1.82) is 0 Å². The predicted molar refractivity (Wildman–Crippen MR) is 176 cm³/mol.